The van der Waals surface area contributed by atoms with E-state index in [-0.39, 0.29) is 19.5 Å². The van der Waals surface area contributed by atoms with E-state index in [2.05, 4.69) is 36.0 Å². The van der Waals surface area contributed by atoms with Crippen molar-refractivity contribution >= 4 is 0 Å². The van der Waals surface area contributed by atoms with Crippen molar-refractivity contribution in [1.82, 2.24) is 4.57 Å². The fourth-order valence-electron chi connectivity index (χ4n) is 0.777. The molecule has 0 spiro atoms. The van der Waals surface area contributed by atoms with Crippen LogP contribution in [0.15, 0.2) is 24.5 Å². The Morgan fingerprint density at radius 2 is 1.78 bits per heavy atom. The van der Waals surface area contributed by atoms with Crippen molar-refractivity contribution in [3.63, 3.8) is 0 Å². The Kier molecular flexibility index (Phi) is 4.70. The number of aromatic nitrogens is 1. The van der Waals surface area contributed by atoms with Gasteiger partial charge in [-0.15, -0.1) is 0 Å². The third-order valence-electron chi connectivity index (χ3n) is 1.15. The van der Waals surface area contributed by atoms with E-state index < -0.39 is 0 Å². The molecular weight excluding hydrogens is 199 g/mol. The van der Waals surface area contributed by atoms with Crippen LogP contribution in [0.4, 0.5) is 0 Å². The van der Waals surface area contributed by atoms with Gasteiger partial charge in [0.2, 0.25) is 0 Å². The van der Waals surface area contributed by atoms with Gasteiger partial charge in [0.05, 0.1) is 0 Å². The standard InChI is InChI=1S/C7H11N.Ru/c1-2-5-8-6-3-4-7-8;/h3-4,6-7H,2,5H2,1H3;. The molecule has 1 aromatic heterocycles. The Bertz CT molecular complexity index is 135. The third kappa shape index (κ3) is 2.81. The summed E-state index contributed by atoms with van der Waals surface area (Å²) in [7, 11) is 0. The maximum atomic E-state index is 2.18. The topological polar surface area (TPSA) is 4.93 Å². The van der Waals surface area contributed by atoms with Crippen LogP contribution in [0.2, 0.25) is 0 Å². The summed E-state index contributed by atoms with van der Waals surface area (Å²) in [4.78, 5) is 0. The van der Waals surface area contributed by atoms with Gasteiger partial charge in [-0.05, 0) is 18.6 Å². The summed E-state index contributed by atoms with van der Waals surface area (Å²) in [5.41, 5.74) is 0. The Hall–Kier alpha value is -0.0966. The van der Waals surface area contributed by atoms with E-state index in [1.54, 1.807) is 0 Å². The van der Waals surface area contributed by atoms with Crippen molar-refractivity contribution in [2.75, 3.05) is 0 Å². The molecule has 0 fully saturated rings. The van der Waals surface area contributed by atoms with Crippen LogP contribution in [0.3, 0.4) is 0 Å². The molecule has 0 N–H and O–H groups in total. The number of aryl methyl sites for hydroxylation is 1. The predicted octanol–water partition coefficient (Wildman–Crippen LogP) is 1.90. The summed E-state index contributed by atoms with van der Waals surface area (Å²) in [6, 6.07) is 4.10. The number of rotatable bonds is 2. The van der Waals surface area contributed by atoms with Gasteiger partial charge in [0, 0.05) is 38.4 Å². The second-order valence-corrected chi connectivity index (χ2v) is 1.92. The van der Waals surface area contributed by atoms with Crippen molar-refractivity contribution in [1.29, 1.82) is 0 Å². The van der Waals surface area contributed by atoms with E-state index in [4.69, 9.17) is 0 Å². The van der Waals surface area contributed by atoms with Crippen LogP contribution in [0.5, 0.6) is 0 Å². The minimum atomic E-state index is 0. The third-order valence-corrected chi connectivity index (χ3v) is 1.15. The fourth-order valence-corrected chi connectivity index (χ4v) is 0.777. The van der Waals surface area contributed by atoms with Crippen molar-refractivity contribution in [2.45, 2.75) is 19.9 Å². The molecule has 52 valence electrons. The van der Waals surface area contributed by atoms with Crippen LogP contribution in [-0.4, -0.2) is 4.57 Å². The molecule has 0 aromatic carbocycles. The van der Waals surface area contributed by atoms with Crippen molar-refractivity contribution in [3.8, 4) is 0 Å². The van der Waals surface area contributed by atoms with Crippen LogP contribution in [0, 0.1) is 0 Å². The summed E-state index contributed by atoms with van der Waals surface area (Å²) in [5.74, 6) is 0. The summed E-state index contributed by atoms with van der Waals surface area (Å²) in [5, 5.41) is 0. The molecule has 0 aliphatic carbocycles. The Morgan fingerprint density at radius 1 is 1.22 bits per heavy atom. The molecule has 0 amide bonds. The van der Waals surface area contributed by atoms with Gasteiger partial charge in [-0.25, -0.2) is 0 Å². The molecule has 1 aromatic rings. The zero-order chi connectivity index (χ0) is 5.82. The molecular formula is C7H11NRu. The van der Waals surface area contributed by atoms with Crippen molar-refractivity contribution in [3.05, 3.63) is 24.5 Å². The number of hydrogen-bond acceptors (Lipinski definition) is 0. The quantitative estimate of drug-likeness (QED) is 0.657. The van der Waals surface area contributed by atoms with Crippen LogP contribution in [-0.2, 0) is 26.0 Å². The summed E-state index contributed by atoms with van der Waals surface area (Å²) < 4.78 is 2.18. The normalized spacial score (nSPS) is 8.56. The summed E-state index contributed by atoms with van der Waals surface area (Å²) in [6.07, 6.45) is 5.39. The molecule has 9 heavy (non-hydrogen) atoms. The first-order valence-corrected chi connectivity index (χ1v) is 3.04. The van der Waals surface area contributed by atoms with Crippen molar-refractivity contribution in [2.24, 2.45) is 0 Å². The van der Waals surface area contributed by atoms with Gasteiger partial charge < -0.3 is 4.57 Å². The molecule has 0 unspecified atom stereocenters. The molecule has 2 heteroatoms. The van der Waals surface area contributed by atoms with E-state index in [0.29, 0.717) is 0 Å². The van der Waals surface area contributed by atoms with Gasteiger partial charge in [0.15, 0.2) is 0 Å². The fraction of sp³-hybridized carbons (Fsp3) is 0.429. The van der Waals surface area contributed by atoms with Gasteiger partial charge in [-0.3, -0.25) is 0 Å². The Labute approximate surface area is 68.8 Å². The first-order chi connectivity index (χ1) is 3.93. The van der Waals surface area contributed by atoms with Gasteiger partial charge in [-0.2, -0.15) is 0 Å². The Morgan fingerprint density at radius 3 is 2.22 bits per heavy atom. The minimum absolute atomic E-state index is 0. The molecule has 1 heterocycles. The monoisotopic (exact) mass is 211 g/mol. The average Bonchev–Trinajstić information content (AvgIpc) is 2.19. The average molecular weight is 210 g/mol. The molecule has 1 rings (SSSR count). The molecule has 0 aliphatic heterocycles. The molecule has 0 saturated heterocycles. The molecule has 0 radical (unpaired) electrons. The Balaban J connectivity index is 0.000000640. The second-order valence-electron chi connectivity index (χ2n) is 1.92. The van der Waals surface area contributed by atoms with Gasteiger partial charge in [0.1, 0.15) is 0 Å². The predicted molar refractivity (Wildman–Crippen MR) is 34.7 cm³/mol. The van der Waals surface area contributed by atoms with E-state index in [9.17, 15) is 0 Å². The van der Waals surface area contributed by atoms with Gasteiger partial charge in [-0.1, -0.05) is 6.92 Å². The molecule has 0 aliphatic rings. The number of nitrogens with zero attached hydrogens (tertiary/aromatic N) is 1. The minimum Gasteiger partial charge on any atom is -0.354 e. The first kappa shape index (κ1) is 8.90. The maximum absolute atomic E-state index is 2.18. The summed E-state index contributed by atoms with van der Waals surface area (Å²) in [6.45, 7) is 3.33. The van der Waals surface area contributed by atoms with Crippen LogP contribution >= 0.6 is 0 Å². The second kappa shape index (κ2) is 4.75. The molecule has 0 saturated carbocycles. The molecule has 0 bridgehead atoms. The maximum Gasteiger partial charge on any atom is 0.0216 e. The summed E-state index contributed by atoms with van der Waals surface area (Å²) >= 11 is 0. The van der Waals surface area contributed by atoms with Crippen LogP contribution in [0.1, 0.15) is 13.3 Å². The molecule has 0 atom stereocenters. The largest absolute Gasteiger partial charge is 0.354 e. The van der Waals surface area contributed by atoms with Crippen LogP contribution in [0.25, 0.3) is 0 Å². The molecule has 1 nitrogen and oxygen atoms in total. The number of hydrogen-bond donors (Lipinski definition) is 0. The smallest absolute Gasteiger partial charge is 0.0216 e. The van der Waals surface area contributed by atoms with Crippen LogP contribution < -0.4 is 0 Å². The van der Waals surface area contributed by atoms with Crippen molar-refractivity contribution < 1.29 is 19.5 Å². The van der Waals surface area contributed by atoms with E-state index >= 15 is 0 Å². The van der Waals surface area contributed by atoms with E-state index in [1.165, 1.54) is 6.42 Å². The van der Waals surface area contributed by atoms with Gasteiger partial charge >= 0.3 is 0 Å². The van der Waals surface area contributed by atoms with Gasteiger partial charge in [0.25, 0.3) is 0 Å². The zero-order valence-corrected chi connectivity index (χ0v) is 7.26. The van der Waals surface area contributed by atoms with E-state index in [1.807, 2.05) is 0 Å². The van der Waals surface area contributed by atoms with E-state index in [0.717, 1.165) is 6.54 Å². The first-order valence-electron chi connectivity index (χ1n) is 3.04. The zero-order valence-electron chi connectivity index (χ0n) is 5.52. The SMILES string of the molecule is CCCn1cccc1.[Ru].